The Morgan fingerprint density at radius 1 is 0.816 bits per heavy atom. The van der Waals surface area contributed by atoms with Crippen LogP contribution in [-0.4, -0.2) is 24.4 Å². The Labute approximate surface area is 235 Å². The fourth-order valence-electron chi connectivity index (χ4n) is 4.44. The molecule has 0 spiro atoms. The van der Waals surface area contributed by atoms with Crippen molar-refractivity contribution >= 4 is 11.5 Å². The van der Waals surface area contributed by atoms with Gasteiger partial charge in [0.25, 0.3) is 0 Å². The van der Waals surface area contributed by atoms with E-state index in [1.807, 2.05) is 68.4 Å². The van der Waals surface area contributed by atoms with Gasteiger partial charge in [0, 0.05) is 12.8 Å². The van der Waals surface area contributed by atoms with Crippen molar-refractivity contribution < 1.29 is 14.3 Å². The zero-order valence-electron chi connectivity index (χ0n) is 26.5. The first kappa shape index (κ1) is 37.7. The van der Waals surface area contributed by atoms with Crippen LogP contribution in [0.3, 0.4) is 0 Å². The van der Waals surface area contributed by atoms with Gasteiger partial charge in [-0.2, -0.15) is 0 Å². The van der Waals surface area contributed by atoms with Crippen molar-refractivity contribution in [2.24, 2.45) is 5.73 Å². The molecule has 0 aliphatic carbocycles. The third-order valence-corrected chi connectivity index (χ3v) is 5.45. The Morgan fingerprint density at radius 2 is 1.32 bits per heavy atom. The zero-order chi connectivity index (χ0) is 29.8. The molecule has 1 atom stereocenters. The van der Waals surface area contributed by atoms with Crippen LogP contribution in [-0.2, 0) is 20.7 Å². The Morgan fingerprint density at radius 3 is 1.79 bits per heavy atom. The van der Waals surface area contributed by atoms with Crippen LogP contribution >= 0.6 is 0 Å². The molecule has 0 saturated carbocycles. The lowest BCUT2D eigenvalue weighted by atomic mass is 9.81. The van der Waals surface area contributed by atoms with E-state index in [4.69, 9.17) is 15.2 Å². The predicted octanol–water partition coefficient (Wildman–Crippen LogP) is 9.35. The van der Waals surface area contributed by atoms with E-state index in [1.54, 1.807) is 0 Å². The number of carbonyl (C=O) groups is 1. The van der Waals surface area contributed by atoms with E-state index in [2.05, 4.69) is 62.4 Å². The van der Waals surface area contributed by atoms with Gasteiger partial charge in [0.05, 0.1) is 12.7 Å². The lowest BCUT2D eigenvalue weighted by Gasteiger charge is -2.43. The first-order valence-corrected chi connectivity index (χ1v) is 14.6. The van der Waals surface area contributed by atoms with Crippen molar-refractivity contribution in [3.63, 3.8) is 0 Å². The lowest BCUT2D eigenvalue weighted by Crippen LogP contribution is -2.50. The monoisotopic (exact) mass is 527 g/mol. The average molecular weight is 528 g/mol. The third kappa shape index (κ3) is 13.4. The van der Waals surface area contributed by atoms with Crippen LogP contribution in [0.2, 0.25) is 0 Å². The van der Waals surface area contributed by atoms with Gasteiger partial charge < -0.3 is 15.2 Å². The smallest absolute Gasteiger partial charge is 0.305 e. The second-order valence-electron chi connectivity index (χ2n) is 9.00. The molecular weight excluding hydrogens is 470 g/mol. The molecule has 1 fully saturated rings. The van der Waals surface area contributed by atoms with Crippen LogP contribution in [0.5, 0.6) is 0 Å². The number of hydrogen-bond donors (Lipinski definition) is 1. The first-order chi connectivity index (χ1) is 18.2. The van der Waals surface area contributed by atoms with Gasteiger partial charge in [-0.3, -0.25) is 4.79 Å². The molecule has 1 aliphatic rings. The van der Waals surface area contributed by atoms with Crippen molar-refractivity contribution in [1.29, 1.82) is 0 Å². The second-order valence-corrected chi connectivity index (χ2v) is 9.00. The number of esters is 1. The van der Waals surface area contributed by atoms with E-state index in [0.717, 1.165) is 19.3 Å². The molecule has 38 heavy (non-hydrogen) atoms. The maximum absolute atomic E-state index is 11.3. The largest absolute Gasteiger partial charge is 0.469 e. The summed E-state index contributed by atoms with van der Waals surface area (Å²) in [5, 5.41) is 0. The Hall–Kier alpha value is -2.43. The minimum absolute atomic E-state index is 0.158. The molecule has 2 N–H and O–H groups in total. The number of methoxy groups -OCH3 is 1. The summed E-state index contributed by atoms with van der Waals surface area (Å²) in [6, 6.07) is 19.2. The fraction of sp³-hybridized carbons (Fsp3) is 0.559. The van der Waals surface area contributed by atoms with Gasteiger partial charge in [0.2, 0.25) is 0 Å². The Bertz CT molecular complexity index is 879. The molecule has 216 valence electrons. The molecule has 0 aromatic heterocycles. The molecular formula is C34H57NO3. The Balaban J connectivity index is 0. The minimum Gasteiger partial charge on any atom is -0.469 e. The van der Waals surface area contributed by atoms with Crippen molar-refractivity contribution in [2.45, 2.75) is 120 Å². The highest BCUT2D eigenvalue weighted by Crippen LogP contribution is 2.41. The van der Waals surface area contributed by atoms with Gasteiger partial charge >= 0.3 is 5.97 Å². The highest BCUT2D eigenvalue weighted by molar-refractivity contribution is 5.82. The average Bonchev–Trinajstić information content (AvgIpc) is 2.93. The molecule has 0 radical (unpaired) electrons. The summed E-state index contributed by atoms with van der Waals surface area (Å²) in [7, 11) is 1.43. The molecule has 0 amide bonds. The summed E-state index contributed by atoms with van der Waals surface area (Å²) in [5.74, 6) is -0.158. The van der Waals surface area contributed by atoms with Crippen molar-refractivity contribution in [3.05, 3.63) is 76.9 Å². The number of aryl methyl sites for hydroxylation is 1. The quantitative estimate of drug-likeness (QED) is 0.380. The molecule has 2 aromatic rings. The third-order valence-electron chi connectivity index (χ3n) is 5.45. The number of ether oxygens (including phenoxy) is 2. The van der Waals surface area contributed by atoms with E-state index in [-0.39, 0.29) is 11.6 Å². The molecule has 0 bridgehead atoms. The standard InChI is InChI=1S/C26H33NO3.4C2H6/c1-25(2)17-22(18-26(3,27)30-25)24(20-10-6-5-7-11-20)21-15-13-19(14-16-21)9-8-12-23(28)29-4;4*1-2/h5-7,10-11,13-16H,8-9,12,17-18,27H2,1-4H3;4*1-2H3/b24-22-;;;;. The molecule has 4 heteroatoms. The van der Waals surface area contributed by atoms with E-state index in [1.165, 1.54) is 34.9 Å². The van der Waals surface area contributed by atoms with E-state index >= 15 is 0 Å². The highest BCUT2D eigenvalue weighted by atomic mass is 16.5. The summed E-state index contributed by atoms with van der Waals surface area (Å²) >= 11 is 0. The number of nitrogens with two attached hydrogens (primary N) is 1. The van der Waals surface area contributed by atoms with E-state index in [0.29, 0.717) is 12.8 Å². The maximum atomic E-state index is 11.3. The summed E-state index contributed by atoms with van der Waals surface area (Å²) in [6.07, 6.45) is 3.62. The molecule has 2 aromatic carbocycles. The predicted molar refractivity (Wildman–Crippen MR) is 166 cm³/mol. The van der Waals surface area contributed by atoms with Crippen LogP contribution in [0.4, 0.5) is 0 Å². The number of carbonyl (C=O) groups excluding carboxylic acids is 1. The SMILES string of the molecule is CC.CC.CC.CC.COC(=O)CCCc1ccc(/C(=C2/CC(C)(C)OC(C)(N)C2)c2ccccc2)cc1. The molecule has 3 rings (SSSR count). The molecule has 1 heterocycles. The molecule has 4 nitrogen and oxygen atoms in total. The van der Waals surface area contributed by atoms with Gasteiger partial charge in [-0.05, 0) is 62.3 Å². The second kappa shape index (κ2) is 20.5. The molecule has 1 saturated heterocycles. The van der Waals surface area contributed by atoms with Gasteiger partial charge in [-0.1, -0.05) is 116 Å². The summed E-state index contributed by atoms with van der Waals surface area (Å²) in [5.41, 5.74) is 11.6. The molecule has 1 unspecified atom stereocenters. The van der Waals surface area contributed by atoms with Crippen molar-refractivity contribution in [1.82, 2.24) is 0 Å². The topological polar surface area (TPSA) is 61.5 Å². The van der Waals surface area contributed by atoms with Gasteiger partial charge in [0.1, 0.15) is 5.72 Å². The van der Waals surface area contributed by atoms with Gasteiger partial charge in [-0.15, -0.1) is 0 Å². The minimum atomic E-state index is -0.690. The number of benzene rings is 2. The molecule has 1 aliphatic heterocycles. The summed E-state index contributed by atoms with van der Waals surface area (Å²) < 4.78 is 10.8. The Kier molecular flexibility index (Phi) is 20.4. The lowest BCUT2D eigenvalue weighted by molar-refractivity contribution is -0.145. The van der Waals surface area contributed by atoms with E-state index < -0.39 is 5.72 Å². The van der Waals surface area contributed by atoms with Crippen LogP contribution in [0, 0.1) is 0 Å². The van der Waals surface area contributed by atoms with Crippen LogP contribution in [0.1, 0.15) is 119 Å². The van der Waals surface area contributed by atoms with Crippen molar-refractivity contribution in [2.75, 3.05) is 7.11 Å². The van der Waals surface area contributed by atoms with Gasteiger partial charge in [0.15, 0.2) is 0 Å². The van der Waals surface area contributed by atoms with E-state index in [9.17, 15) is 4.79 Å². The maximum Gasteiger partial charge on any atom is 0.305 e. The highest BCUT2D eigenvalue weighted by Gasteiger charge is 2.38. The van der Waals surface area contributed by atoms with Crippen LogP contribution in [0.15, 0.2) is 60.2 Å². The normalized spacial score (nSPS) is 18.3. The van der Waals surface area contributed by atoms with Crippen LogP contribution < -0.4 is 5.73 Å². The first-order valence-electron chi connectivity index (χ1n) is 14.6. The van der Waals surface area contributed by atoms with Crippen molar-refractivity contribution in [3.8, 4) is 0 Å². The van der Waals surface area contributed by atoms with Gasteiger partial charge in [-0.25, -0.2) is 0 Å². The number of rotatable bonds is 6. The number of hydrogen-bond acceptors (Lipinski definition) is 4. The zero-order valence-corrected chi connectivity index (χ0v) is 26.5. The summed E-state index contributed by atoms with van der Waals surface area (Å²) in [6.45, 7) is 22.2. The summed E-state index contributed by atoms with van der Waals surface area (Å²) in [4.78, 5) is 11.3. The van der Waals surface area contributed by atoms with Crippen LogP contribution in [0.25, 0.3) is 5.57 Å². The fourth-order valence-corrected chi connectivity index (χ4v) is 4.44.